The van der Waals surface area contributed by atoms with Crippen LogP contribution in [0.15, 0.2) is 170 Å². The minimum atomic E-state index is -0.855. The van der Waals surface area contributed by atoms with E-state index in [4.69, 9.17) is 82.7 Å². The van der Waals surface area contributed by atoms with E-state index >= 15 is 0 Å². The first-order valence-corrected chi connectivity index (χ1v) is 42.9. The standard InChI is InChI=1S/C13H22N2O.C13H16O5.C13H20O3.C13H16O3.C12H20N2.C12H14O4.C12H18O2.C12H14O2/c1-16-13-10-11(4-2-8-14)6-7-12(13)5-3-9-15;1-18-11-8-9(3-6-12(14)15)2-4-10(11)5-7-13(16)17;2*1-16-13-10-11(4-2-8-14)6-7-12(13)5-3-9-15;13-9-1-3-11-5-7-12(8-6-11)4-2-10-14;13-11(14)7-5-9-1-2-10(4-3-9)6-8-12(15)16;2*13-9-1-3-11-5-7-12(8-6-11)4-2-10-14/h6-7,10H,2-5,8-9,14-15H2,1H3;2,4,8H,3,5-7H2,1H3,(H,14,15)(H,16,17);6-7,10,14-15H,2-5,8-9H2,1H3;6-10H,2-5H2,1H3;5-8H,1-4,9-10,13-14H2;1-4H,5-8H2,(H,13,14)(H,15,16);5-8,13-14H,1-4,9-10H2;5-10H,1-4H2. The molecule has 124 heavy (non-hydrogen) atoms. The number of nitrogens with two attached hydrogens (primary N) is 4. The number of aliphatic carboxylic acids is 4. The number of carboxylic acids is 4. The molecule has 0 fully saturated rings. The molecule has 0 aliphatic heterocycles. The summed E-state index contributed by atoms with van der Waals surface area (Å²) >= 11 is 0. The van der Waals surface area contributed by atoms with Gasteiger partial charge in [0.25, 0.3) is 0 Å². The lowest BCUT2D eigenvalue weighted by atomic mass is 10.0. The van der Waals surface area contributed by atoms with Crippen molar-refractivity contribution < 1.29 is 98.2 Å². The van der Waals surface area contributed by atoms with Gasteiger partial charge in [0.1, 0.15) is 48.1 Å². The molecule has 0 spiro atoms. The number of aryl methyl sites for hydroxylation is 16. The van der Waals surface area contributed by atoms with E-state index < -0.39 is 23.9 Å². The zero-order valence-corrected chi connectivity index (χ0v) is 73.5. The molecule has 24 heteroatoms. The fraction of sp³-hybridized carbons (Fsp3) is 0.440. The maximum atomic E-state index is 10.5. The van der Waals surface area contributed by atoms with E-state index in [1.807, 2.05) is 84.9 Å². The smallest absolute Gasteiger partial charge is 0.303 e. The van der Waals surface area contributed by atoms with Gasteiger partial charge in [-0.15, -0.1) is 0 Å². The van der Waals surface area contributed by atoms with Gasteiger partial charge in [-0.05, 0) is 294 Å². The molecule has 16 N–H and O–H groups in total. The van der Waals surface area contributed by atoms with Crippen molar-refractivity contribution in [2.24, 2.45) is 22.9 Å². The number of carboxylic acid groups (broad SMARTS) is 4. The molecule has 0 atom stereocenters. The summed E-state index contributed by atoms with van der Waals surface area (Å²) in [5.74, 6) is -0.0583. The maximum absolute atomic E-state index is 10.5. The minimum absolute atomic E-state index is 0.0465. The number of aldehydes is 4. The number of carbonyl (C=O) groups excluding carboxylic acids is 4. The van der Waals surface area contributed by atoms with Crippen molar-refractivity contribution in [3.63, 3.8) is 0 Å². The van der Waals surface area contributed by atoms with Crippen molar-refractivity contribution in [1.82, 2.24) is 0 Å². The SMILES string of the molecule is COc1cc(CCC(=O)O)ccc1CCC(=O)O.COc1cc(CCC=O)ccc1CCC=O.COc1cc(CCCN)ccc1CCCN.COc1cc(CCCO)ccc1CCCO.NCCCc1ccc(CCCN)cc1.O=C(O)CCc1ccc(CCC(=O)O)cc1.O=CCCc1ccc(CCC=O)cc1.OCCCc1ccc(CCCO)cc1. The number of hydrogen-bond acceptors (Lipinski definition) is 20. The largest absolute Gasteiger partial charge is 0.496 e. The second-order valence-corrected chi connectivity index (χ2v) is 29.1. The number of hydrogen-bond donors (Lipinski definition) is 12. The van der Waals surface area contributed by atoms with Gasteiger partial charge in [0, 0.05) is 77.8 Å². The molecule has 0 saturated heterocycles. The highest BCUT2D eigenvalue weighted by atomic mass is 16.5. The van der Waals surface area contributed by atoms with Gasteiger partial charge in [-0.2, -0.15) is 0 Å². The van der Waals surface area contributed by atoms with Crippen LogP contribution in [0.1, 0.15) is 192 Å². The van der Waals surface area contributed by atoms with Gasteiger partial charge in [-0.1, -0.05) is 146 Å². The molecule has 0 aliphatic carbocycles. The van der Waals surface area contributed by atoms with E-state index in [0.717, 1.165) is 230 Å². The fourth-order valence-electron chi connectivity index (χ4n) is 12.3. The number of carbonyl (C=O) groups is 8. The molecule has 8 aromatic rings. The summed E-state index contributed by atoms with van der Waals surface area (Å²) < 4.78 is 21.2. The number of ether oxygens (including phenoxy) is 4. The molecule has 0 bridgehead atoms. The van der Waals surface area contributed by atoms with Crippen LogP contribution in [0.25, 0.3) is 0 Å². The van der Waals surface area contributed by atoms with Crippen LogP contribution in [0.2, 0.25) is 0 Å². The van der Waals surface area contributed by atoms with Crippen molar-refractivity contribution >= 4 is 49.0 Å². The zero-order chi connectivity index (χ0) is 91.6. The lowest BCUT2D eigenvalue weighted by Crippen LogP contribution is -2.03. The highest BCUT2D eigenvalue weighted by molar-refractivity contribution is 5.69. The van der Waals surface area contributed by atoms with Crippen LogP contribution < -0.4 is 41.9 Å². The second kappa shape index (κ2) is 73.7. The second-order valence-electron chi connectivity index (χ2n) is 29.1. The van der Waals surface area contributed by atoms with Gasteiger partial charge in [0.15, 0.2) is 0 Å². The molecular weight excluding hydrogens is 1580 g/mol. The maximum Gasteiger partial charge on any atom is 0.303 e. The average molecular weight is 1720 g/mol. The summed E-state index contributed by atoms with van der Waals surface area (Å²) in [5, 5.41) is 69.2. The lowest BCUT2D eigenvalue weighted by Gasteiger charge is -2.10. The number of benzene rings is 8. The van der Waals surface area contributed by atoms with Crippen molar-refractivity contribution in [1.29, 1.82) is 0 Å². The van der Waals surface area contributed by atoms with Gasteiger partial charge >= 0.3 is 23.9 Å². The zero-order valence-electron chi connectivity index (χ0n) is 73.5. The van der Waals surface area contributed by atoms with Crippen molar-refractivity contribution in [3.8, 4) is 23.0 Å². The number of rotatable bonds is 52. The normalized spacial score (nSPS) is 10.2. The van der Waals surface area contributed by atoms with Crippen LogP contribution in [0.4, 0.5) is 0 Å². The molecule has 24 nitrogen and oxygen atoms in total. The van der Waals surface area contributed by atoms with Crippen LogP contribution >= 0.6 is 0 Å². The van der Waals surface area contributed by atoms with E-state index in [1.54, 1.807) is 33.5 Å². The predicted molar refractivity (Wildman–Crippen MR) is 490 cm³/mol. The average Bonchev–Trinajstić information content (AvgIpc) is 0.872. The van der Waals surface area contributed by atoms with Crippen LogP contribution in [0.3, 0.4) is 0 Å². The Morgan fingerprint density at radius 3 is 0.694 bits per heavy atom. The summed E-state index contributed by atoms with van der Waals surface area (Å²) in [7, 11) is 6.51. The first-order valence-electron chi connectivity index (χ1n) is 42.9. The first kappa shape index (κ1) is 111. The Labute approximate surface area is 734 Å². The predicted octanol–water partition coefficient (Wildman–Crippen LogP) is 13.4. The summed E-state index contributed by atoms with van der Waals surface area (Å²) in [6.07, 6.45) is 26.2. The summed E-state index contributed by atoms with van der Waals surface area (Å²) in [5.41, 5.74) is 40.1. The molecule has 0 unspecified atom stereocenters. The Morgan fingerprint density at radius 2 is 0.419 bits per heavy atom. The van der Waals surface area contributed by atoms with Crippen LogP contribution in [0.5, 0.6) is 23.0 Å². The minimum Gasteiger partial charge on any atom is -0.496 e. The first-order chi connectivity index (χ1) is 60.1. The van der Waals surface area contributed by atoms with Crippen LogP contribution in [0, 0.1) is 0 Å². The molecule has 0 radical (unpaired) electrons. The molecule has 8 rings (SSSR count). The third-order valence-electron chi connectivity index (χ3n) is 19.3. The number of aliphatic hydroxyl groups excluding tert-OH is 4. The van der Waals surface area contributed by atoms with Gasteiger partial charge < -0.3 is 102 Å². The van der Waals surface area contributed by atoms with Crippen LogP contribution in [-0.4, -0.2) is 171 Å². The van der Waals surface area contributed by atoms with Gasteiger partial charge in [0.05, 0.1) is 28.4 Å². The van der Waals surface area contributed by atoms with Crippen LogP contribution in [-0.2, 0) is 141 Å². The van der Waals surface area contributed by atoms with Gasteiger partial charge in [-0.25, -0.2) is 0 Å². The highest BCUT2D eigenvalue weighted by Crippen LogP contribution is 2.27. The Kier molecular flexibility index (Phi) is 66.1. The van der Waals surface area contributed by atoms with E-state index in [9.17, 15) is 38.4 Å². The summed E-state index contributed by atoms with van der Waals surface area (Å²) in [6, 6.07) is 56.4. The molecule has 0 amide bonds. The van der Waals surface area contributed by atoms with E-state index in [2.05, 4.69) is 72.8 Å². The van der Waals surface area contributed by atoms with Crippen molar-refractivity contribution in [2.75, 3.05) is 81.0 Å². The fourth-order valence-corrected chi connectivity index (χ4v) is 12.3. The molecular formula is C100H140N4O20. The molecule has 0 aliphatic rings. The Morgan fingerprint density at radius 1 is 0.242 bits per heavy atom. The van der Waals surface area contributed by atoms with E-state index in [-0.39, 0.29) is 52.1 Å². The van der Waals surface area contributed by atoms with E-state index in [0.29, 0.717) is 63.5 Å². The molecule has 8 aromatic carbocycles. The summed E-state index contributed by atoms with van der Waals surface area (Å²) in [6.45, 7) is 3.93. The third kappa shape index (κ3) is 54.6. The Balaban J connectivity index is 0.000000709. The Hall–Kier alpha value is -10.8. The Bertz CT molecular complexity index is 3920. The van der Waals surface area contributed by atoms with Gasteiger partial charge in [0.2, 0.25) is 0 Å². The van der Waals surface area contributed by atoms with Crippen molar-refractivity contribution in [3.05, 3.63) is 259 Å². The number of aliphatic hydroxyl groups is 4. The topological polar surface area (TPSA) is 439 Å². The lowest BCUT2D eigenvalue weighted by molar-refractivity contribution is -0.138. The quantitative estimate of drug-likeness (QED) is 0.0158. The molecule has 680 valence electrons. The molecule has 0 heterocycles. The third-order valence-corrected chi connectivity index (χ3v) is 19.3. The summed E-state index contributed by atoms with van der Waals surface area (Å²) in [4.78, 5) is 82.6. The van der Waals surface area contributed by atoms with E-state index in [1.165, 1.54) is 57.2 Å². The van der Waals surface area contributed by atoms with Crippen molar-refractivity contribution in [2.45, 2.75) is 205 Å². The molecule has 0 saturated carbocycles. The molecule has 0 aromatic heterocycles. The van der Waals surface area contributed by atoms with Gasteiger partial charge in [-0.3, -0.25) is 19.2 Å². The number of methoxy groups -OCH3 is 4. The highest BCUT2D eigenvalue weighted by Gasteiger charge is 2.12. The monoisotopic (exact) mass is 1720 g/mol.